The van der Waals surface area contributed by atoms with E-state index >= 15 is 0 Å². The van der Waals surface area contributed by atoms with Crippen LogP contribution in [0.15, 0.2) is 0 Å². The van der Waals surface area contributed by atoms with Crippen molar-refractivity contribution < 1.29 is 23.9 Å². The number of carbonyl (C=O) groups excluding carboxylic acids is 2. The average molecular weight is 274 g/mol. The highest BCUT2D eigenvalue weighted by Crippen LogP contribution is 2.08. The van der Waals surface area contributed by atoms with Gasteiger partial charge in [0.1, 0.15) is 5.60 Å². The highest BCUT2D eigenvalue weighted by molar-refractivity contribution is 5.78. The molecule has 0 aliphatic heterocycles. The standard InChI is InChI=1S/C13H26N2O4/c1-13(2,3)19-12(18)14-10(11(16)17)8-7-9-15(4,5)6/h10H,7-9H2,1-6H3,(H-,14,16,17,18). The summed E-state index contributed by atoms with van der Waals surface area (Å²) in [4.78, 5) is 22.5. The molecule has 0 heterocycles. The molecule has 0 aliphatic carbocycles. The maximum absolute atomic E-state index is 11.5. The first-order valence-electron chi connectivity index (χ1n) is 6.41. The van der Waals surface area contributed by atoms with Gasteiger partial charge in [0.25, 0.3) is 0 Å². The third-order valence-corrected chi connectivity index (χ3v) is 2.30. The Kier molecular flexibility index (Phi) is 6.29. The normalized spacial score (nSPS) is 13.8. The number of rotatable bonds is 6. The predicted molar refractivity (Wildman–Crippen MR) is 70.3 cm³/mol. The number of hydrogen-bond donors (Lipinski definition) is 1. The van der Waals surface area contributed by atoms with Crippen molar-refractivity contribution in [1.29, 1.82) is 0 Å². The monoisotopic (exact) mass is 274 g/mol. The molecule has 1 amide bonds. The molecule has 0 saturated heterocycles. The fourth-order valence-electron chi connectivity index (χ4n) is 1.47. The lowest BCUT2D eigenvalue weighted by Gasteiger charge is -2.26. The first kappa shape index (κ1) is 17.7. The van der Waals surface area contributed by atoms with Gasteiger partial charge in [-0.2, -0.15) is 0 Å². The minimum Gasteiger partial charge on any atom is -0.548 e. The van der Waals surface area contributed by atoms with Gasteiger partial charge in [-0.3, -0.25) is 0 Å². The lowest BCUT2D eigenvalue weighted by molar-refractivity contribution is -0.870. The highest BCUT2D eigenvalue weighted by atomic mass is 16.6. The molecule has 0 aromatic heterocycles. The van der Waals surface area contributed by atoms with Crippen molar-refractivity contribution in [1.82, 2.24) is 5.32 Å². The summed E-state index contributed by atoms with van der Waals surface area (Å²) in [6.07, 6.45) is 0.279. The minimum atomic E-state index is -1.28. The number of aliphatic carboxylic acids is 1. The van der Waals surface area contributed by atoms with Crippen LogP contribution in [0.25, 0.3) is 0 Å². The first-order chi connectivity index (χ1) is 8.41. The van der Waals surface area contributed by atoms with Gasteiger partial charge in [-0.25, -0.2) is 4.79 Å². The van der Waals surface area contributed by atoms with Crippen molar-refractivity contribution in [3.05, 3.63) is 0 Å². The van der Waals surface area contributed by atoms with Crippen molar-refractivity contribution >= 4 is 12.1 Å². The number of nitrogens with zero attached hydrogens (tertiary/aromatic N) is 1. The number of nitrogens with one attached hydrogen (secondary N) is 1. The number of quaternary nitrogens is 1. The summed E-state index contributed by atoms with van der Waals surface area (Å²) in [7, 11) is 6.07. The molecular weight excluding hydrogens is 248 g/mol. The molecule has 0 aromatic rings. The first-order valence-corrected chi connectivity index (χ1v) is 6.41. The van der Waals surface area contributed by atoms with Gasteiger partial charge in [-0.1, -0.05) is 0 Å². The van der Waals surface area contributed by atoms with E-state index in [2.05, 4.69) is 5.32 Å². The van der Waals surface area contributed by atoms with Crippen LogP contribution in [0.1, 0.15) is 33.6 Å². The molecule has 0 aromatic carbocycles. The van der Waals surface area contributed by atoms with Crippen LogP contribution < -0.4 is 10.4 Å². The van der Waals surface area contributed by atoms with Crippen molar-refractivity contribution in [2.45, 2.75) is 45.3 Å². The van der Waals surface area contributed by atoms with Gasteiger partial charge in [0.15, 0.2) is 0 Å². The second-order valence-corrected chi connectivity index (χ2v) is 6.67. The fourth-order valence-corrected chi connectivity index (χ4v) is 1.47. The number of amides is 1. The Labute approximate surface area is 115 Å². The van der Waals surface area contributed by atoms with Crippen LogP contribution in [0.5, 0.6) is 0 Å². The van der Waals surface area contributed by atoms with Crippen molar-refractivity contribution in [3.8, 4) is 0 Å². The fraction of sp³-hybridized carbons (Fsp3) is 0.846. The second-order valence-electron chi connectivity index (χ2n) is 6.67. The van der Waals surface area contributed by atoms with Crippen LogP contribution in [0.2, 0.25) is 0 Å². The molecule has 0 bridgehead atoms. The van der Waals surface area contributed by atoms with Gasteiger partial charge >= 0.3 is 6.09 Å². The van der Waals surface area contributed by atoms with E-state index in [0.29, 0.717) is 12.8 Å². The zero-order valence-electron chi connectivity index (χ0n) is 12.8. The predicted octanol–water partition coefficient (Wildman–Crippen LogP) is 0.116. The zero-order valence-corrected chi connectivity index (χ0v) is 12.8. The summed E-state index contributed by atoms with van der Waals surface area (Å²) in [6, 6.07) is -1.01. The minimum absolute atomic E-state index is 0.330. The number of carbonyl (C=O) groups is 2. The lowest BCUT2D eigenvalue weighted by Crippen LogP contribution is -2.49. The Bertz CT molecular complexity index is 316. The van der Waals surface area contributed by atoms with E-state index in [1.54, 1.807) is 20.8 Å². The number of ether oxygens (including phenoxy) is 1. The highest BCUT2D eigenvalue weighted by Gasteiger charge is 2.20. The van der Waals surface area contributed by atoms with E-state index in [0.717, 1.165) is 11.0 Å². The third kappa shape index (κ3) is 10.3. The van der Waals surface area contributed by atoms with Crippen LogP contribution in [-0.4, -0.2) is 55.9 Å². The molecule has 19 heavy (non-hydrogen) atoms. The van der Waals surface area contributed by atoms with Crippen LogP contribution in [0.4, 0.5) is 4.79 Å². The molecule has 1 N–H and O–H groups in total. The summed E-state index contributed by atoms with van der Waals surface area (Å²) < 4.78 is 5.76. The number of carboxylic acid groups (broad SMARTS) is 1. The Morgan fingerprint density at radius 3 is 2.16 bits per heavy atom. The molecule has 0 fully saturated rings. The summed E-state index contributed by atoms with van der Waals surface area (Å²) in [5.41, 5.74) is -0.650. The van der Waals surface area contributed by atoms with Crippen LogP contribution in [-0.2, 0) is 9.53 Å². The Morgan fingerprint density at radius 1 is 1.26 bits per heavy atom. The van der Waals surface area contributed by atoms with Crippen molar-refractivity contribution in [3.63, 3.8) is 0 Å². The maximum atomic E-state index is 11.5. The number of carboxylic acids is 1. The Morgan fingerprint density at radius 2 is 1.79 bits per heavy atom. The van der Waals surface area contributed by atoms with E-state index in [-0.39, 0.29) is 0 Å². The second kappa shape index (κ2) is 6.75. The molecule has 1 unspecified atom stereocenters. The lowest BCUT2D eigenvalue weighted by atomic mass is 10.1. The van der Waals surface area contributed by atoms with Gasteiger partial charge in [-0.15, -0.1) is 0 Å². The Hall–Kier alpha value is -1.30. The van der Waals surface area contributed by atoms with Gasteiger partial charge in [-0.05, 0) is 33.6 Å². The number of alkyl carbamates (subject to hydrolysis) is 1. The van der Waals surface area contributed by atoms with Crippen LogP contribution in [0.3, 0.4) is 0 Å². The van der Waals surface area contributed by atoms with Crippen LogP contribution in [0, 0.1) is 0 Å². The topological polar surface area (TPSA) is 78.5 Å². The molecule has 0 saturated carbocycles. The van der Waals surface area contributed by atoms with E-state index in [9.17, 15) is 14.7 Å². The summed E-state index contributed by atoms with van der Waals surface area (Å²) in [5, 5.41) is 13.3. The van der Waals surface area contributed by atoms with E-state index in [4.69, 9.17) is 4.74 Å². The quantitative estimate of drug-likeness (QED) is 0.698. The Balaban J connectivity index is 4.28. The van der Waals surface area contributed by atoms with E-state index in [1.165, 1.54) is 0 Å². The summed E-state index contributed by atoms with van der Waals surface area (Å²) >= 11 is 0. The molecule has 6 heteroatoms. The third-order valence-electron chi connectivity index (χ3n) is 2.30. The summed E-state index contributed by atoms with van der Waals surface area (Å²) in [6.45, 7) is 5.98. The average Bonchev–Trinajstić information content (AvgIpc) is 2.10. The maximum Gasteiger partial charge on any atom is 0.408 e. The van der Waals surface area contributed by atoms with Gasteiger partial charge in [0.05, 0.1) is 39.7 Å². The molecule has 0 spiro atoms. The van der Waals surface area contributed by atoms with Crippen molar-refractivity contribution in [2.24, 2.45) is 0 Å². The largest absolute Gasteiger partial charge is 0.548 e. The molecule has 1 atom stereocenters. The van der Waals surface area contributed by atoms with E-state index in [1.807, 2.05) is 21.1 Å². The smallest absolute Gasteiger partial charge is 0.408 e. The zero-order chi connectivity index (χ0) is 15.3. The van der Waals surface area contributed by atoms with E-state index < -0.39 is 23.7 Å². The van der Waals surface area contributed by atoms with Crippen LogP contribution >= 0.6 is 0 Å². The number of hydrogen-bond acceptors (Lipinski definition) is 4. The molecule has 0 radical (unpaired) electrons. The van der Waals surface area contributed by atoms with Gasteiger partial charge < -0.3 is 24.4 Å². The molecule has 0 aliphatic rings. The molecule has 6 nitrogen and oxygen atoms in total. The summed E-state index contributed by atoms with van der Waals surface area (Å²) in [5.74, 6) is -1.28. The van der Waals surface area contributed by atoms with Crippen molar-refractivity contribution in [2.75, 3.05) is 27.7 Å². The van der Waals surface area contributed by atoms with Gasteiger partial charge in [0, 0.05) is 0 Å². The molecule has 0 rings (SSSR count). The molecular formula is C13H26N2O4. The SMILES string of the molecule is CC(C)(C)OC(=O)NC(CCC[N+](C)(C)C)C(=O)[O-]. The van der Waals surface area contributed by atoms with Gasteiger partial charge in [0.2, 0.25) is 0 Å². The molecule has 112 valence electrons.